The van der Waals surface area contributed by atoms with Crippen LogP contribution in [0.25, 0.3) is 0 Å². The van der Waals surface area contributed by atoms with Gasteiger partial charge in [0.2, 0.25) is 5.91 Å². The lowest BCUT2D eigenvalue weighted by molar-refractivity contribution is -0.121. The van der Waals surface area contributed by atoms with Crippen LogP contribution in [0.3, 0.4) is 0 Å². The van der Waals surface area contributed by atoms with E-state index in [0.717, 1.165) is 12.8 Å². The smallest absolute Gasteiger partial charge is 0.240 e. The molecule has 0 radical (unpaired) electrons. The molecular formula is C23H37FN2O. The van der Waals surface area contributed by atoms with Gasteiger partial charge in [-0.25, -0.2) is 9.82 Å². The van der Waals surface area contributed by atoms with Crippen LogP contribution < -0.4 is 5.43 Å². The fraction of sp³-hybridized carbons (Fsp3) is 0.652. The van der Waals surface area contributed by atoms with Gasteiger partial charge in [-0.1, -0.05) is 96.1 Å². The number of halogens is 1. The van der Waals surface area contributed by atoms with Gasteiger partial charge in [0.1, 0.15) is 5.82 Å². The number of hydrogen-bond acceptors (Lipinski definition) is 2. The monoisotopic (exact) mass is 376 g/mol. The molecule has 1 amide bonds. The Hall–Kier alpha value is -1.71. The quantitative estimate of drug-likeness (QED) is 0.193. The number of amides is 1. The third-order valence-corrected chi connectivity index (χ3v) is 4.76. The zero-order chi connectivity index (χ0) is 19.6. The third kappa shape index (κ3) is 14.1. The second-order valence-electron chi connectivity index (χ2n) is 7.34. The van der Waals surface area contributed by atoms with Crippen molar-refractivity contribution < 1.29 is 9.18 Å². The Kier molecular flexibility index (Phi) is 14.2. The molecule has 0 saturated heterocycles. The van der Waals surface area contributed by atoms with Crippen molar-refractivity contribution in [2.75, 3.05) is 0 Å². The molecule has 0 bridgehead atoms. The van der Waals surface area contributed by atoms with Gasteiger partial charge in [0, 0.05) is 6.42 Å². The van der Waals surface area contributed by atoms with Crippen molar-refractivity contribution in [1.29, 1.82) is 0 Å². The van der Waals surface area contributed by atoms with Crippen LogP contribution in [0.15, 0.2) is 29.4 Å². The first-order valence-electron chi connectivity index (χ1n) is 10.8. The Bertz CT molecular complexity index is 531. The molecule has 152 valence electrons. The first-order valence-corrected chi connectivity index (χ1v) is 10.8. The molecule has 1 N–H and O–H groups in total. The molecule has 0 atom stereocenters. The van der Waals surface area contributed by atoms with Crippen molar-refractivity contribution in [3.63, 3.8) is 0 Å². The lowest BCUT2D eigenvalue weighted by Gasteiger charge is -2.03. The molecule has 0 aromatic heterocycles. The van der Waals surface area contributed by atoms with Crippen LogP contribution in [0.5, 0.6) is 0 Å². The maximum atomic E-state index is 13.0. The molecule has 1 aromatic carbocycles. The maximum Gasteiger partial charge on any atom is 0.240 e. The molecule has 0 unspecified atom stereocenters. The predicted octanol–water partition coefficient (Wildman–Crippen LogP) is 6.76. The molecule has 1 rings (SSSR count). The first-order chi connectivity index (χ1) is 13.2. The SMILES string of the molecule is CCCCCCCCCCCCCCCC(=O)N/N=C\c1cccc(F)c1. The van der Waals surface area contributed by atoms with Gasteiger partial charge < -0.3 is 0 Å². The van der Waals surface area contributed by atoms with Gasteiger partial charge in [-0.15, -0.1) is 0 Å². The lowest BCUT2D eigenvalue weighted by Crippen LogP contribution is -2.16. The topological polar surface area (TPSA) is 41.5 Å². The number of nitrogens with zero attached hydrogens (tertiary/aromatic N) is 1. The van der Waals surface area contributed by atoms with Gasteiger partial charge in [0.15, 0.2) is 0 Å². The van der Waals surface area contributed by atoms with Crippen LogP contribution in [0.4, 0.5) is 4.39 Å². The fourth-order valence-corrected chi connectivity index (χ4v) is 3.12. The summed E-state index contributed by atoms with van der Waals surface area (Å²) >= 11 is 0. The van der Waals surface area contributed by atoms with Gasteiger partial charge in [-0.3, -0.25) is 4.79 Å². The number of rotatable bonds is 16. The van der Waals surface area contributed by atoms with E-state index in [1.807, 2.05) is 0 Å². The van der Waals surface area contributed by atoms with Crippen molar-refractivity contribution in [1.82, 2.24) is 5.43 Å². The largest absolute Gasteiger partial charge is 0.273 e. The number of benzene rings is 1. The summed E-state index contributed by atoms with van der Waals surface area (Å²) in [5, 5.41) is 3.87. The van der Waals surface area contributed by atoms with Crippen molar-refractivity contribution >= 4 is 12.1 Å². The minimum atomic E-state index is -0.308. The zero-order valence-electron chi connectivity index (χ0n) is 17.0. The summed E-state index contributed by atoms with van der Waals surface area (Å²) < 4.78 is 13.0. The molecule has 0 fully saturated rings. The van der Waals surface area contributed by atoms with Crippen LogP contribution in [0.2, 0.25) is 0 Å². The Balaban J connectivity index is 1.88. The highest BCUT2D eigenvalue weighted by atomic mass is 19.1. The van der Waals surface area contributed by atoms with Crippen LogP contribution in [-0.4, -0.2) is 12.1 Å². The zero-order valence-corrected chi connectivity index (χ0v) is 17.0. The number of carbonyl (C=O) groups excluding carboxylic acids is 1. The van der Waals surface area contributed by atoms with Gasteiger partial charge in [0.25, 0.3) is 0 Å². The van der Waals surface area contributed by atoms with Gasteiger partial charge in [0.05, 0.1) is 6.21 Å². The molecule has 0 spiro atoms. The van der Waals surface area contributed by atoms with E-state index in [1.54, 1.807) is 12.1 Å². The predicted molar refractivity (Wildman–Crippen MR) is 112 cm³/mol. The Morgan fingerprint density at radius 1 is 0.926 bits per heavy atom. The Morgan fingerprint density at radius 2 is 1.48 bits per heavy atom. The number of hydrogen-bond donors (Lipinski definition) is 1. The highest BCUT2D eigenvalue weighted by Gasteiger charge is 2.00. The molecule has 27 heavy (non-hydrogen) atoms. The average Bonchev–Trinajstić information content (AvgIpc) is 2.65. The summed E-state index contributed by atoms with van der Waals surface area (Å²) in [4.78, 5) is 11.7. The highest BCUT2D eigenvalue weighted by Crippen LogP contribution is 2.12. The minimum Gasteiger partial charge on any atom is -0.273 e. The van der Waals surface area contributed by atoms with Crippen LogP contribution in [-0.2, 0) is 4.79 Å². The van der Waals surface area contributed by atoms with E-state index in [4.69, 9.17) is 0 Å². The molecule has 0 heterocycles. The molecule has 3 nitrogen and oxygen atoms in total. The molecule has 1 aromatic rings. The summed E-state index contributed by atoms with van der Waals surface area (Å²) in [6.45, 7) is 2.26. The second kappa shape index (κ2) is 16.5. The average molecular weight is 377 g/mol. The molecular weight excluding hydrogens is 339 g/mol. The summed E-state index contributed by atoms with van der Waals surface area (Å²) in [7, 11) is 0. The van der Waals surface area contributed by atoms with E-state index in [-0.39, 0.29) is 11.7 Å². The van der Waals surface area contributed by atoms with E-state index in [9.17, 15) is 9.18 Å². The first kappa shape index (κ1) is 23.3. The summed E-state index contributed by atoms with van der Waals surface area (Å²) in [5.41, 5.74) is 3.14. The fourth-order valence-electron chi connectivity index (χ4n) is 3.12. The van der Waals surface area contributed by atoms with E-state index in [1.165, 1.54) is 89.0 Å². The van der Waals surface area contributed by atoms with Gasteiger partial charge >= 0.3 is 0 Å². The Morgan fingerprint density at radius 3 is 2.04 bits per heavy atom. The van der Waals surface area contributed by atoms with Crippen molar-refractivity contribution in [3.8, 4) is 0 Å². The number of unbranched alkanes of at least 4 members (excludes halogenated alkanes) is 12. The summed E-state index contributed by atoms with van der Waals surface area (Å²) in [6.07, 6.45) is 18.8. The van der Waals surface area contributed by atoms with Crippen LogP contribution >= 0.6 is 0 Å². The van der Waals surface area contributed by atoms with Gasteiger partial charge in [-0.05, 0) is 24.1 Å². The molecule has 0 aliphatic carbocycles. The number of carbonyl (C=O) groups is 1. The van der Waals surface area contributed by atoms with Crippen molar-refractivity contribution in [2.45, 2.75) is 96.8 Å². The van der Waals surface area contributed by atoms with E-state index in [2.05, 4.69) is 17.5 Å². The van der Waals surface area contributed by atoms with Crippen LogP contribution in [0.1, 0.15) is 102 Å². The number of hydrazone groups is 1. The minimum absolute atomic E-state index is 0.0780. The lowest BCUT2D eigenvalue weighted by atomic mass is 10.0. The van der Waals surface area contributed by atoms with Gasteiger partial charge in [-0.2, -0.15) is 5.10 Å². The standard InChI is InChI=1S/C23H37FN2O/c1-2-3-4-5-6-7-8-9-10-11-12-13-14-18-23(27)26-25-20-21-16-15-17-22(24)19-21/h15-17,19-20H,2-14,18H2,1H3,(H,26,27)/b25-20-. The van der Waals surface area contributed by atoms with E-state index in [0.29, 0.717) is 12.0 Å². The molecule has 0 aliphatic rings. The molecule has 0 aliphatic heterocycles. The van der Waals surface area contributed by atoms with Crippen LogP contribution in [0, 0.1) is 5.82 Å². The summed E-state index contributed by atoms with van der Waals surface area (Å²) in [5.74, 6) is -0.386. The van der Waals surface area contributed by atoms with E-state index >= 15 is 0 Å². The second-order valence-corrected chi connectivity index (χ2v) is 7.34. The van der Waals surface area contributed by atoms with Crippen molar-refractivity contribution in [2.24, 2.45) is 5.10 Å². The normalized spacial score (nSPS) is 11.2. The highest BCUT2D eigenvalue weighted by molar-refractivity contribution is 5.82. The number of nitrogens with one attached hydrogen (secondary N) is 1. The molecule has 0 saturated carbocycles. The van der Waals surface area contributed by atoms with Crippen molar-refractivity contribution in [3.05, 3.63) is 35.6 Å². The Labute approximate surface area is 164 Å². The third-order valence-electron chi connectivity index (χ3n) is 4.76. The van der Waals surface area contributed by atoms with E-state index < -0.39 is 0 Å². The maximum absolute atomic E-state index is 13.0. The summed E-state index contributed by atoms with van der Waals surface area (Å²) in [6, 6.07) is 6.12. The molecule has 4 heteroatoms.